The van der Waals surface area contributed by atoms with Crippen molar-refractivity contribution in [3.63, 3.8) is 0 Å². The van der Waals surface area contributed by atoms with Gasteiger partial charge in [0.15, 0.2) is 0 Å². The summed E-state index contributed by atoms with van der Waals surface area (Å²) >= 11 is 0. The van der Waals surface area contributed by atoms with Gasteiger partial charge in [0.2, 0.25) is 0 Å². The van der Waals surface area contributed by atoms with E-state index in [-0.39, 0.29) is 18.1 Å². The van der Waals surface area contributed by atoms with Crippen molar-refractivity contribution in [1.82, 2.24) is 5.32 Å². The molecule has 0 aliphatic carbocycles. The van der Waals surface area contributed by atoms with Crippen molar-refractivity contribution < 1.29 is 4.79 Å². The molecule has 20 heavy (non-hydrogen) atoms. The molecule has 0 aliphatic heterocycles. The molecule has 1 rings (SSSR count). The van der Waals surface area contributed by atoms with E-state index in [1.54, 1.807) is 0 Å². The van der Waals surface area contributed by atoms with Crippen LogP contribution in [0.4, 0.5) is 10.5 Å². The summed E-state index contributed by atoms with van der Waals surface area (Å²) in [5.74, 6) is 0. The Morgan fingerprint density at radius 1 is 1.30 bits per heavy atom. The molecule has 0 bridgehead atoms. The second-order valence-corrected chi connectivity index (χ2v) is 5.41. The SMILES string of the molecule is CCCCCC(C)NC(=O)Nc1cccc(C(C)N)c1. The van der Waals surface area contributed by atoms with Gasteiger partial charge in [-0.25, -0.2) is 4.79 Å². The third-order valence-electron chi connectivity index (χ3n) is 3.29. The molecule has 2 atom stereocenters. The molecule has 0 radical (unpaired) electrons. The van der Waals surface area contributed by atoms with Crippen molar-refractivity contribution in [2.75, 3.05) is 5.32 Å². The summed E-state index contributed by atoms with van der Waals surface area (Å²) in [6, 6.07) is 7.64. The maximum Gasteiger partial charge on any atom is 0.319 e. The summed E-state index contributed by atoms with van der Waals surface area (Å²) in [4.78, 5) is 11.9. The molecule has 0 aromatic heterocycles. The van der Waals surface area contributed by atoms with Gasteiger partial charge in [0.1, 0.15) is 0 Å². The van der Waals surface area contributed by atoms with Crippen LogP contribution in [0.2, 0.25) is 0 Å². The van der Waals surface area contributed by atoms with Gasteiger partial charge >= 0.3 is 6.03 Å². The molecule has 2 amide bonds. The zero-order valence-electron chi connectivity index (χ0n) is 12.8. The van der Waals surface area contributed by atoms with Crippen LogP contribution >= 0.6 is 0 Å². The van der Waals surface area contributed by atoms with Crippen molar-refractivity contribution in [2.45, 2.75) is 58.5 Å². The van der Waals surface area contributed by atoms with E-state index in [9.17, 15) is 4.79 Å². The van der Waals surface area contributed by atoms with Crippen LogP contribution in [-0.4, -0.2) is 12.1 Å². The third kappa shape index (κ3) is 6.06. The first-order valence-electron chi connectivity index (χ1n) is 7.46. The first-order chi connectivity index (χ1) is 9.52. The van der Waals surface area contributed by atoms with Gasteiger partial charge in [-0.1, -0.05) is 38.3 Å². The number of hydrogen-bond donors (Lipinski definition) is 3. The number of unbranched alkanes of at least 4 members (excludes halogenated alkanes) is 2. The van der Waals surface area contributed by atoms with E-state index >= 15 is 0 Å². The molecule has 4 N–H and O–H groups in total. The minimum atomic E-state index is -0.157. The van der Waals surface area contributed by atoms with E-state index < -0.39 is 0 Å². The van der Waals surface area contributed by atoms with Crippen LogP contribution in [0.5, 0.6) is 0 Å². The Balaban J connectivity index is 2.43. The van der Waals surface area contributed by atoms with E-state index in [1.165, 1.54) is 12.8 Å². The zero-order chi connectivity index (χ0) is 15.0. The molecule has 2 unspecified atom stereocenters. The molecular formula is C16H27N3O. The molecule has 112 valence electrons. The average Bonchev–Trinajstić information content (AvgIpc) is 2.39. The molecule has 4 nitrogen and oxygen atoms in total. The number of hydrogen-bond acceptors (Lipinski definition) is 2. The summed E-state index contributed by atoms with van der Waals surface area (Å²) in [6.07, 6.45) is 4.58. The Kier molecular flexibility index (Phi) is 7.09. The van der Waals surface area contributed by atoms with Gasteiger partial charge in [-0.2, -0.15) is 0 Å². The normalized spacial score (nSPS) is 13.6. The fourth-order valence-electron chi connectivity index (χ4n) is 2.06. The number of urea groups is 1. The molecule has 0 spiro atoms. The van der Waals surface area contributed by atoms with Gasteiger partial charge in [-0.15, -0.1) is 0 Å². The standard InChI is InChI=1S/C16H27N3O/c1-4-5-6-8-12(2)18-16(20)19-15-10-7-9-14(11-15)13(3)17/h7,9-13H,4-6,8,17H2,1-3H3,(H2,18,19,20). The van der Waals surface area contributed by atoms with Crippen LogP contribution in [-0.2, 0) is 0 Å². The number of anilines is 1. The van der Waals surface area contributed by atoms with Gasteiger partial charge in [-0.3, -0.25) is 0 Å². The second kappa shape index (κ2) is 8.59. The molecular weight excluding hydrogens is 250 g/mol. The summed E-state index contributed by atoms with van der Waals surface area (Å²) in [5, 5.41) is 5.81. The molecule has 4 heteroatoms. The minimum Gasteiger partial charge on any atom is -0.335 e. The quantitative estimate of drug-likeness (QED) is 0.664. The smallest absolute Gasteiger partial charge is 0.319 e. The lowest BCUT2D eigenvalue weighted by Crippen LogP contribution is -2.36. The van der Waals surface area contributed by atoms with Gasteiger partial charge in [0, 0.05) is 17.8 Å². The van der Waals surface area contributed by atoms with E-state index in [1.807, 2.05) is 38.1 Å². The molecule has 0 aliphatic rings. The molecule has 0 fully saturated rings. The number of amides is 2. The third-order valence-corrected chi connectivity index (χ3v) is 3.29. The Bertz CT molecular complexity index is 418. The van der Waals surface area contributed by atoms with Gasteiger partial charge < -0.3 is 16.4 Å². The Labute approximate surface area is 122 Å². The first kappa shape index (κ1) is 16.5. The lowest BCUT2D eigenvalue weighted by molar-refractivity contribution is 0.248. The monoisotopic (exact) mass is 277 g/mol. The van der Waals surface area contributed by atoms with E-state index in [2.05, 4.69) is 17.6 Å². The predicted octanol–water partition coefficient (Wildman–Crippen LogP) is 3.80. The van der Waals surface area contributed by atoms with Crippen LogP contribution in [0, 0.1) is 0 Å². The van der Waals surface area contributed by atoms with Crippen LogP contribution in [0.25, 0.3) is 0 Å². The molecule has 1 aromatic rings. The Hall–Kier alpha value is -1.55. The second-order valence-electron chi connectivity index (χ2n) is 5.41. The molecule has 0 heterocycles. The fraction of sp³-hybridized carbons (Fsp3) is 0.562. The van der Waals surface area contributed by atoms with E-state index in [4.69, 9.17) is 5.73 Å². The highest BCUT2D eigenvalue weighted by atomic mass is 16.2. The first-order valence-corrected chi connectivity index (χ1v) is 7.46. The molecule has 0 saturated carbocycles. The number of carbonyl (C=O) groups excluding carboxylic acids is 1. The number of carbonyl (C=O) groups is 1. The van der Waals surface area contributed by atoms with Gasteiger partial charge in [-0.05, 0) is 38.0 Å². The summed E-state index contributed by atoms with van der Waals surface area (Å²) in [5.41, 5.74) is 7.62. The topological polar surface area (TPSA) is 67.2 Å². The lowest BCUT2D eigenvalue weighted by atomic mass is 10.1. The predicted molar refractivity (Wildman–Crippen MR) is 84.8 cm³/mol. The maximum atomic E-state index is 11.9. The van der Waals surface area contributed by atoms with Crippen molar-refractivity contribution in [2.24, 2.45) is 5.73 Å². The van der Waals surface area contributed by atoms with Crippen molar-refractivity contribution in [3.8, 4) is 0 Å². The minimum absolute atomic E-state index is 0.0345. The molecule has 1 aromatic carbocycles. The Morgan fingerprint density at radius 3 is 2.70 bits per heavy atom. The van der Waals surface area contributed by atoms with Gasteiger partial charge in [0.25, 0.3) is 0 Å². The number of benzene rings is 1. The lowest BCUT2D eigenvalue weighted by Gasteiger charge is -2.15. The van der Waals surface area contributed by atoms with Crippen molar-refractivity contribution >= 4 is 11.7 Å². The highest BCUT2D eigenvalue weighted by molar-refractivity contribution is 5.89. The van der Waals surface area contributed by atoms with Crippen LogP contribution in [0.15, 0.2) is 24.3 Å². The summed E-state index contributed by atoms with van der Waals surface area (Å²) in [6.45, 7) is 6.14. The van der Waals surface area contributed by atoms with E-state index in [0.29, 0.717) is 0 Å². The fourth-order valence-corrected chi connectivity index (χ4v) is 2.06. The van der Waals surface area contributed by atoms with Crippen LogP contribution in [0.1, 0.15) is 58.1 Å². The summed E-state index contributed by atoms with van der Waals surface area (Å²) in [7, 11) is 0. The summed E-state index contributed by atoms with van der Waals surface area (Å²) < 4.78 is 0. The average molecular weight is 277 g/mol. The van der Waals surface area contributed by atoms with Gasteiger partial charge in [0.05, 0.1) is 0 Å². The van der Waals surface area contributed by atoms with Crippen molar-refractivity contribution in [1.29, 1.82) is 0 Å². The zero-order valence-corrected chi connectivity index (χ0v) is 12.8. The number of rotatable bonds is 7. The number of nitrogens with two attached hydrogens (primary N) is 1. The van der Waals surface area contributed by atoms with Crippen LogP contribution in [0.3, 0.4) is 0 Å². The highest BCUT2D eigenvalue weighted by Gasteiger charge is 2.08. The highest BCUT2D eigenvalue weighted by Crippen LogP contribution is 2.15. The Morgan fingerprint density at radius 2 is 2.05 bits per heavy atom. The van der Waals surface area contributed by atoms with E-state index in [0.717, 1.165) is 24.1 Å². The number of nitrogens with one attached hydrogen (secondary N) is 2. The van der Waals surface area contributed by atoms with Crippen LogP contribution < -0.4 is 16.4 Å². The maximum absolute atomic E-state index is 11.9. The largest absolute Gasteiger partial charge is 0.335 e. The molecule has 0 saturated heterocycles. The van der Waals surface area contributed by atoms with Crippen molar-refractivity contribution in [3.05, 3.63) is 29.8 Å².